The summed E-state index contributed by atoms with van der Waals surface area (Å²) in [5.41, 5.74) is 0. The Morgan fingerprint density at radius 2 is 2.24 bits per heavy atom. The summed E-state index contributed by atoms with van der Waals surface area (Å²) in [5.74, 6) is 1.58. The maximum atomic E-state index is 11.9. The van der Waals surface area contributed by atoms with E-state index < -0.39 is 0 Å². The molecule has 2 atom stereocenters. The molecule has 2 rings (SSSR count). The summed E-state index contributed by atoms with van der Waals surface area (Å²) in [6, 6.07) is 0. The van der Waals surface area contributed by atoms with Crippen LogP contribution in [0.5, 0.6) is 0 Å². The molecule has 98 valence electrons. The van der Waals surface area contributed by atoms with Crippen molar-refractivity contribution in [2.45, 2.75) is 32.9 Å². The molecule has 0 radical (unpaired) electrons. The molecular weight excluding hydrogens is 214 g/mol. The van der Waals surface area contributed by atoms with Crippen molar-refractivity contribution in [3.8, 4) is 0 Å². The predicted octanol–water partition coefficient (Wildman–Crippen LogP) is 0.742. The van der Waals surface area contributed by atoms with Crippen LogP contribution in [0.2, 0.25) is 0 Å². The van der Waals surface area contributed by atoms with Crippen LogP contribution in [0.4, 0.5) is 0 Å². The number of rotatable bonds is 4. The second-order valence-corrected chi connectivity index (χ2v) is 5.99. The van der Waals surface area contributed by atoms with Gasteiger partial charge in [-0.25, -0.2) is 0 Å². The normalized spacial score (nSPS) is 30.8. The quantitative estimate of drug-likeness (QED) is 0.786. The lowest BCUT2D eigenvalue weighted by Gasteiger charge is -2.28. The summed E-state index contributed by atoms with van der Waals surface area (Å²) in [6.07, 6.45) is 2.57. The van der Waals surface area contributed by atoms with Crippen molar-refractivity contribution >= 4 is 5.91 Å². The van der Waals surface area contributed by atoms with Gasteiger partial charge in [0.15, 0.2) is 0 Å². The van der Waals surface area contributed by atoms with Crippen molar-refractivity contribution in [3.63, 3.8) is 0 Å². The Morgan fingerprint density at radius 1 is 1.47 bits per heavy atom. The number of nitrogens with one attached hydrogen (secondary N) is 1. The molecule has 2 aliphatic rings. The molecule has 4 heteroatoms. The van der Waals surface area contributed by atoms with Gasteiger partial charge in [0.05, 0.1) is 12.7 Å². The number of carbonyl (C=O) groups is 1. The molecule has 0 bridgehead atoms. The number of likely N-dealkylation sites (tertiary alicyclic amines) is 1. The SMILES string of the molecule is CC(C)CC1NCC(=O)N1CC1CCN(C)C1. The van der Waals surface area contributed by atoms with Gasteiger partial charge in [0.2, 0.25) is 5.91 Å². The zero-order valence-electron chi connectivity index (χ0n) is 11.3. The topological polar surface area (TPSA) is 35.6 Å². The fourth-order valence-corrected chi connectivity index (χ4v) is 2.93. The molecule has 2 aliphatic heterocycles. The first-order valence-corrected chi connectivity index (χ1v) is 6.77. The highest BCUT2D eigenvalue weighted by atomic mass is 16.2. The van der Waals surface area contributed by atoms with E-state index in [0.717, 1.165) is 19.5 Å². The number of carbonyl (C=O) groups excluding carboxylic acids is 1. The molecule has 1 amide bonds. The third-order valence-electron chi connectivity index (χ3n) is 3.82. The molecule has 4 nitrogen and oxygen atoms in total. The van der Waals surface area contributed by atoms with Crippen molar-refractivity contribution in [2.24, 2.45) is 11.8 Å². The zero-order chi connectivity index (χ0) is 12.4. The lowest BCUT2D eigenvalue weighted by Crippen LogP contribution is -2.41. The van der Waals surface area contributed by atoms with E-state index >= 15 is 0 Å². The average molecular weight is 239 g/mol. The largest absolute Gasteiger partial charge is 0.326 e. The number of hydrogen-bond acceptors (Lipinski definition) is 3. The highest BCUT2D eigenvalue weighted by molar-refractivity contribution is 5.80. The first-order chi connectivity index (χ1) is 8.06. The minimum absolute atomic E-state index is 0.272. The van der Waals surface area contributed by atoms with E-state index in [2.05, 4.69) is 36.0 Å². The van der Waals surface area contributed by atoms with Crippen molar-refractivity contribution < 1.29 is 4.79 Å². The molecular formula is C13H25N3O. The Labute approximate surface area is 104 Å². The monoisotopic (exact) mass is 239 g/mol. The number of amides is 1. The molecule has 0 aliphatic carbocycles. The second-order valence-electron chi connectivity index (χ2n) is 5.99. The molecule has 2 heterocycles. The van der Waals surface area contributed by atoms with Crippen LogP contribution < -0.4 is 5.32 Å². The maximum absolute atomic E-state index is 11.9. The molecule has 0 aromatic heterocycles. The van der Waals surface area contributed by atoms with E-state index in [-0.39, 0.29) is 12.1 Å². The van der Waals surface area contributed by atoms with Crippen LogP contribution in [-0.4, -0.2) is 55.1 Å². The van der Waals surface area contributed by atoms with E-state index in [1.807, 2.05) is 0 Å². The Morgan fingerprint density at radius 3 is 2.82 bits per heavy atom. The van der Waals surface area contributed by atoms with Gasteiger partial charge in [-0.15, -0.1) is 0 Å². The van der Waals surface area contributed by atoms with E-state index in [1.54, 1.807) is 0 Å². The first-order valence-electron chi connectivity index (χ1n) is 6.77. The summed E-state index contributed by atoms with van der Waals surface area (Å²) in [7, 11) is 2.16. The molecule has 0 aromatic rings. The van der Waals surface area contributed by atoms with Gasteiger partial charge in [0.1, 0.15) is 0 Å². The van der Waals surface area contributed by atoms with Crippen molar-refractivity contribution in [3.05, 3.63) is 0 Å². The van der Waals surface area contributed by atoms with Crippen LogP contribution in [0.3, 0.4) is 0 Å². The molecule has 0 saturated carbocycles. The van der Waals surface area contributed by atoms with Gasteiger partial charge in [-0.3, -0.25) is 10.1 Å². The van der Waals surface area contributed by atoms with Gasteiger partial charge in [-0.1, -0.05) is 13.8 Å². The van der Waals surface area contributed by atoms with Gasteiger partial charge in [0.25, 0.3) is 0 Å². The zero-order valence-corrected chi connectivity index (χ0v) is 11.3. The minimum Gasteiger partial charge on any atom is -0.326 e. The van der Waals surface area contributed by atoms with Gasteiger partial charge >= 0.3 is 0 Å². The van der Waals surface area contributed by atoms with Gasteiger partial charge < -0.3 is 9.80 Å². The van der Waals surface area contributed by atoms with Crippen LogP contribution in [0, 0.1) is 11.8 Å². The molecule has 2 fully saturated rings. The Kier molecular flexibility index (Phi) is 4.05. The lowest BCUT2D eigenvalue weighted by molar-refractivity contribution is -0.128. The summed E-state index contributed by atoms with van der Waals surface area (Å²) >= 11 is 0. The second kappa shape index (κ2) is 5.36. The number of hydrogen-bond donors (Lipinski definition) is 1. The van der Waals surface area contributed by atoms with E-state index in [9.17, 15) is 4.79 Å². The van der Waals surface area contributed by atoms with Gasteiger partial charge in [-0.05, 0) is 38.3 Å². The summed E-state index contributed by atoms with van der Waals surface area (Å²) in [6.45, 7) is 8.21. The van der Waals surface area contributed by atoms with Crippen LogP contribution in [0.15, 0.2) is 0 Å². The van der Waals surface area contributed by atoms with Crippen molar-refractivity contribution in [1.82, 2.24) is 15.1 Å². The van der Waals surface area contributed by atoms with Crippen molar-refractivity contribution in [1.29, 1.82) is 0 Å². The minimum atomic E-state index is 0.272. The maximum Gasteiger partial charge on any atom is 0.237 e. The van der Waals surface area contributed by atoms with Crippen LogP contribution >= 0.6 is 0 Å². The van der Waals surface area contributed by atoms with Crippen molar-refractivity contribution in [2.75, 3.05) is 33.2 Å². The first kappa shape index (κ1) is 12.8. The highest BCUT2D eigenvalue weighted by Gasteiger charge is 2.33. The Bertz CT molecular complexity index is 280. The molecule has 0 spiro atoms. The highest BCUT2D eigenvalue weighted by Crippen LogP contribution is 2.20. The lowest BCUT2D eigenvalue weighted by atomic mass is 10.1. The van der Waals surface area contributed by atoms with Crippen LogP contribution in [0.25, 0.3) is 0 Å². The number of nitrogens with zero attached hydrogens (tertiary/aromatic N) is 2. The van der Waals surface area contributed by atoms with E-state index in [4.69, 9.17) is 0 Å². The standard InChI is InChI=1S/C13H25N3O/c1-10(2)6-12-14-7-13(17)16(12)9-11-4-5-15(3)8-11/h10-12,14H,4-9H2,1-3H3. The summed E-state index contributed by atoms with van der Waals surface area (Å²) in [5, 5.41) is 3.34. The van der Waals surface area contributed by atoms with Crippen LogP contribution in [0.1, 0.15) is 26.7 Å². The Hall–Kier alpha value is -0.610. The summed E-state index contributed by atoms with van der Waals surface area (Å²) in [4.78, 5) is 16.3. The smallest absolute Gasteiger partial charge is 0.237 e. The molecule has 17 heavy (non-hydrogen) atoms. The summed E-state index contributed by atoms with van der Waals surface area (Å²) < 4.78 is 0. The molecule has 0 aromatic carbocycles. The average Bonchev–Trinajstić information content (AvgIpc) is 2.78. The fraction of sp³-hybridized carbons (Fsp3) is 0.923. The van der Waals surface area contributed by atoms with E-state index in [1.165, 1.54) is 13.0 Å². The van der Waals surface area contributed by atoms with Gasteiger partial charge in [0, 0.05) is 13.1 Å². The third kappa shape index (κ3) is 3.19. The third-order valence-corrected chi connectivity index (χ3v) is 3.82. The molecule has 1 N–H and O–H groups in total. The predicted molar refractivity (Wildman–Crippen MR) is 68.6 cm³/mol. The Balaban J connectivity index is 1.89. The van der Waals surface area contributed by atoms with Gasteiger partial charge in [-0.2, -0.15) is 0 Å². The molecule has 2 saturated heterocycles. The molecule has 2 unspecified atom stereocenters. The van der Waals surface area contributed by atoms with E-state index in [0.29, 0.717) is 18.4 Å². The van der Waals surface area contributed by atoms with Crippen LogP contribution in [-0.2, 0) is 4.79 Å². The fourth-order valence-electron chi connectivity index (χ4n) is 2.93.